The summed E-state index contributed by atoms with van der Waals surface area (Å²) in [6.45, 7) is 4.07. The number of carbonyl (C=O) groups is 2. The van der Waals surface area contributed by atoms with Crippen LogP contribution in [0.15, 0.2) is 24.3 Å². The first-order valence-corrected chi connectivity index (χ1v) is 7.35. The van der Waals surface area contributed by atoms with Crippen LogP contribution in [-0.4, -0.2) is 49.3 Å². The smallest absolute Gasteiger partial charge is 0.315 e. The lowest BCUT2D eigenvalue weighted by Gasteiger charge is -2.28. The maximum atomic E-state index is 11.5. The van der Waals surface area contributed by atoms with Crippen LogP contribution in [0.25, 0.3) is 0 Å². The Hall–Kier alpha value is -2.28. The molecule has 0 unspecified atom stereocenters. The summed E-state index contributed by atoms with van der Waals surface area (Å²) in [7, 11) is 0. The van der Waals surface area contributed by atoms with Crippen molar-refractivity contribution in [3.8, 4) is 0 Å². The molecule has 7 nitrogen and oxygen atoms in total. The van der Waals surface area contributed by atoms with Gasteiger partial charge in [0.05, 0.1) is 12.6 Å². The van der Waals surface area contributed by atoms with E-state index >= 15 is 0 Å². The van der Waals surface area contributed by atoms with Crippen molar-refractivity contribution in [2.24, 2.45) is 0 Å². The number of aliphatic hydroxyl groups is 1. The van der Waals surface area contributed by atoms with Crippen molar-refractivity contribution in [3.05, 3.63) is 29.8 Å². The van der Waals surface area contributed by atoms with Crippen molar-refractivity contribution >= 4 is 17.6 Å². The van der Waals surface area contributed by atoms with E-state index in [0.717, 1.165) is 17.8 Å². The molecule has 0 spiro atoms. The van der Waals surface area contributed by atoms with E-state index < -0.39 is 6.10 Å². The lowest BCUT2D eigenvalue weighted by atomic mass is 10.2. The lowest BCUT2D eigenvalue weighted by Crippen LogP contribution is -2.47. The molecule has 0 bridgehead atoms. The van der Waals surface area contributed by atoms with Gasteiger partial charge in [0, 0.05) is 31.9 Å². The fraction of sp³-hybridized carbons (Fsp3) is 0.467. The second-order valence-corrected chi connectivity index (χ2v) is 5.35. The molecule has 0 radical (unpaired) electrons. The fourth-order valence-electron chi connectivity index (χ4n) is 2.17. The summed E-state index contributed by atoms with van der Waals surface area (Å²) in [5.41, 5.74) is 1.97. The summed E-state index contributed by atoms with van der Waals surface area (Å²) in [5.74, 6) is 0.0341. The second-order valence-electron chi connectivity index (χ2n) is 5.35. The summed E-state index contributed by atoms with van der Waals surface area (Å²) in [4.78, 5) is 24.9. The van der Waals surface area contributed by atoms with Crippen molar-refractivity contribution in [3.63, 3.8) is 0 Å². The number of hydrogen-bond acceptors (Lipinski definition) is 4. The molecule has 1 saturated heterocycles. The molecular formula is C15H22N4O3. The minimum absolute atomic E-state index is 0.0341. The van der Waals surface area contributed by atoms with Crippen molar-refractivity contribution < 1.29 is 14.7 Å². The number of nitrogens with zero attached hydrogens (tertiary/aromatic N) is 1. The van der Waals surface area contributed by atoms with E-state index in [9.17, 15) is 9.59 Å². The monoisotopic (exact) mass is 306 g/mol. The van der Waals surface area contributed by atoms with Gasteiger partial charge in [-0.05, 0) is 24.6 Å². The lowest BCUT2D eigenvalue weighted by molar-refractivity contribution is -0.120. The van der Waals surface area contributed by atoms with Gasteiger partial charge in [-0.1, -0.05) is 12.1 Å². The van der Waals surface area contributed by atoms with E-state index in [4.69, 9.17) is 5.11 Å². The van der Waals surface area contributed by atoms with Gasteiger partial charge >= 0.3 is 6.03 Å². The van der Waals surface area contributed by atoms with E-state index in [1.165, 1.54) is 0 Å². The van der Waals surface area contributed by atoms with E-state index in [1.54, 1.807) is 6.92 Å². The summed E-state index contributed by atoms with van der Waals surface area (Å²) in [6.07, 6.45) is -0.563. The average Bonchev–Trinajstić information content (AvgIpc) is 2.51. The number of anilines is 1. The molecule has 1 aromatic rings. The highest BCUT2D eigenvalue weighted by molar-refractivity contribution is 5.82. The molecule has 0 saturated carbocycles. The second kappa shape index (κ2) is 7.65. The Morgan fingerprint density at radius 3 is 2.73 bits per heavy atom. The van der Waals surface area contributed by atoms with Crippen LogP contribution in [0.5, 0.6) is 0 Å². The van der Waals surface area contributed by atoms with Crippen LogP contribution in [0.3, 0.4) is 0 Å². The zero-order valence-electron chi connectivity index (χ0n) is 12.6. The number of rotatable bonds is 5. The molecule has 1 atom stereocenters. The molecule has 0 aliphatic carbocycles. The predicted octanol–water partition coefficient (Wildman–Crippen LogP) is -0.197. The molecule has 0 aromatic heterocycles. The number of benzene rings is 1. The Bertz CT molecular complexity index is 516. The molecule has 120 valence electrons. The molecule has 7 heteroatoms. The van der Waals surface area contributed by atoms with Gasteiger partial charge in [0.1, 0.15) is 0 Å². The van der Waals surface area contributed by atoms with Crippen LogP contribution in [-0.2, 0) is 11.3 Å². The molecule has 1 aliphatic rings. The number of amides is 3. The topological polar surface area (TPSA) is 93.7 Å². The normalized spacial score (nSPS) is 15.9. The molecule has 1 heterocycles. The molecule has 22 heavy (non-hydrogen) atoms. The summed E-state index contributed by atoms with van der Waals surface area (Å²) in [5, 5.41) is 17.2. The van der Waals surface area contributed by atoms with Crippen LogP contribution in [0.2, 0.25) is 0 Å². The Kier molecular flexibility index (Phi) is 5.60. The standard InChI is InChI=1S/C15H22N4O3/c1-11(20)8-17-15(22)18-9-12-2-4-13(5-3-12)19-7-6-16-14(21)10-19/h2-5,11,20H,6-10H2,1H3,(H,16,21)(H2,17,18,22)/t11-/m0/s1. The Morgan fingerprint density at radius 2 is 2.09 bits per heavy atom. The number of hydrogen-bond donors (Lipinski definition) is 4. The van der Waals surface area contributed by atoms with Gasteiger partial charge < -0.3 is 26.0 Å². The van der Waals surface area contributed by atoms with Gasteiger partial charge in [0.2, 0.25) is 5.91 Å². The first kappa shape index (κ1) is 16.1. The third kappa shape index (κ3) is 4.92. The highest BCUT2D eigenvalue weighted by Gasteiger charge is 2.16. The van der Waals surface area contributed by atoms with E-state index in [2.05, 4.69) is 16.0 Å². The number of piperazine rings is 1. The zero-order chi connectivity index (χ0) is 15.9. The summed E-state index contributed by atoms with van der Waals surface area (Å²) in [6, 6.07) is 7.44. The van der Waals surface area contributed by atoms with Crippen molar-refractivity contribution in [1.82, 2.24) is 16.0 Å². The van der Waals surface area contributed by atoms with Crippen LogP contribution >= 0.6 is 0 Å². The fourth-order valence-corrected chi connectivity index (χ4v) is 2.17. The van der Waals surface area contributed by atoms with Crippen LogP contribution in [0.1, 0.15) is 12.5 Å². The van der Waals surface area contributed by atoms with Gasteiger partial charge in [-0.2, -0.15) is 0 Å². The minimum Gasteiger partial charge on any atom is -0.392 e. The van der Waals surface area contributed by atoms with E-state index in [-0.39, 0.29) is 18.5 Å². The van der Waals surface area contributed by atoms with E-state index in [1.807, 2.05) is 29.2 Å². The first-order valence-electron chi connectivity index (χ1n) is 7.35. The Labute approximate surface area is 129 Å². The molecule has 1 aliphatic heterocycles. The summed E-state index contributed by atoms with van der Waals surface area (Å²) >= 11 is 0. The Morgan fingerprint density at radius 1 is 1.36 bits per heavy atom. The van der Waals surface area contributed by atoms with Crippen molar-refractivity contribution in [2.75, 3.05) is 31.1 Å². The largest absolute Gasteiger partial charge is 0.392 e. The van der Waals surface area contributed by atoms with Crippen LogP contribution in [0.4, 0.5) is 10.5 Å². The van der Waals surface area contributed by atoms with Gasteiger partial charge in [0.25, 0.3) is 0 Å². The molecule has 1 fully saturated rings. The number of aliphatic hydroxyl groups excluding tert-OH is 1. The maximum Gasteiger partial charge on any atom is 0.315 e. The predicted molar refractivity (Wildman–Crippen MR) is 83.6 cm³/mol. The third-order valence-electron chi connectivity index (χ3n) is 3.35. The van der Waals surface area contributed by atoms with Crippen molar-refractivity contribution in [1.29, 1.82) is 0 Å². The average molecular weight is 306 g/mol. The van der Waals surface area contributed by atoms with Crippen molar-refractivity contribution in [2.45, 2.75) is 19.6 Å². The minimum atomic E-state index is -0.563. The molecule has 4 N–H and O–H groups in total. The van der Waals surface area contributed by atoms with Gasteiger partial charge in [0.15, 0.2) is 0 Å². The maximum absolute atomic E-state index is 11.5. The van der Waals surface area contributed by atoms with Crippen LogP contribution in [0, 0.1) is 0 Å². The molecule has 2 rings (SSSR count). The summed E-state index contributed by atoms with van der Waals surface area (Å²) < 4.78 is 0. The van der Waals surface area contributed by atoms with Gasteiger partial charge in [-0.25, -0.2) is 4.79 Å². The van der Waals surface area contributed by atoms with E-state index in [0.29, 0.717) is 19.6 Å². The first-order chi connectivity index (χ1) is 10.5. The number of carbonyl (C=O) groups excluding carboxylic acids is 2. The molecule has 1 aromatic carbocycles. The quantitative estimate of drug-likeness (QED) is 0.606. The molecule has 3 amide bonds. The number of nitrogens with one attached hydrogen (secondary N) is 3. The number of urea groups is 1. The Balaban J connectivity index is 1.81. The highest BCUT2D eigenvalue weighted by Crippen LogP contribution is 2.15. The van der Waals surface area contributed by atoms with Crippen LogP contribution < -0.4 is 20.9 Å². The zero-order valence-corrected chi connectivity index (χ0v) is 12.6. The highest BCUT2D eigenvalue weighted by atomic mass is 16.3. The van der Waals surface area contributed by atoms with Gasteiger partial charge in [-0.15, -0.1) is 0 Å². The SMILES string of the molecule is C[C@H](O)CNC(=O)NCc1ccc(N2CCNC(=O)C2)cc1. The third-order valence-corrected chi connectivity index (χ3v) is 3.35. The van der Waals surface area contributed by atoms with Gasteiger partial charge in [-0.3, -0.25) is 4.79 Å². The molecular weight excluding hydrogens is 284 g/mol.